The zero-order valence-electron chi connectivity index (χ0n) is 13.0. The van der Waals surface area contributed by atoms with Crippen molar-refractivity contribution in [3.8, 4) is 0 Å². The van der Waals surface area contributed by atoms with Gasteiger partial charge in [0.25, 0.3) is 5.56 Å². The summed E-state index contributed by atoms with van der Waals surface area (Å²) < 4.78 is 0. The van der Waals surface area contributed by atoms with Crippen molar-refractivity contribution in [1.82, 2.24) is 15.0 Å². The maximum absolute atomic E-state index is 11.9. The number of nitrogens with one attached hydrogen (secondary N) is 2. The Morgan fingerprint density at radius 1 is 1.09 bits per heavy atom. The summed E-state index contributed by atoms with van der Waals surface area (Å²) in [5.74, 6) is 0.703. The van der Waals surface area contributed by atoms with Crippen LogP contribution in [0, 0.1) is 0 Å². The van der Waals surface area contributed by atoms with Crippen LogP contribution in [0.3, 0.4) is 0 Å². The molecule has 0 radical (unpaired) electrons. The minimum atomic E-state index is -0.238. The number of aromatic nitrogens is 3. The Balaban J connectivity index is 2.18. The zero-order valence-corrected chi connectivity index (χ0v) is 13.0. The molecule has 0 fully saturated rings. The van der Waals surface area contributed by atoms with Gasteiger partial charge in [-0.05, 0) is 17.0 Å². The molecule has 0 amide bonds. The Bertz CT molecular complexity index is 876. The first-order valence-electron chi connectivity index (χ1n) is 7.44. The lowest BCUT2D eigenvalue weighted by molar-refractivity contribution is 0.814. The largest absolute Gasteiger partial charge is 0.369 e. The second kappa shape index (κ2) is 5.33. The van der Waals surface area contributed by atoms with Crippen molar-refractivity contribution in [3.63, 3.8) is 0 Å². The summed E-state index contributed by atoms with van der Waals surface area (Å²) in [4.78, 5) is 21.8. The number of rotatable bonds is 3. The average Bonchev–Trinajstić information content (AvgIpc) is 2.90. The smallest absolute Gasteiger partial charge is 0.276 e. The molecule has 1 atom stereocenters. The summed E-state index contributed by atoms with van der Waals surface area (Å²) in [7, 11) is 0. The number of aromatic amines is 2. The molecule has 5 heteroatoms. The molecule has 0 spiro atoms. The van der Waals surface area contributed by atoms with Crippen molar-refractivity contribution in [1.29, 1.82) is 0 Å². The second-order valence-electron chi connectivity index (χ2n) is 5.92. The number of H-pyrrole nitrogens is 2. The molecule has 5 nitrogen and oxygen atoms in total. The fraction of sp³-hybridized carbons (Fsp3) is 0.294. The summed E-state index contributed by atoms with van der Waals surface area (Å²) in [6.45, 7) is 6.49. The van der Waals surface area contributed by atoms with Gasteiger partial charge in [-0.2, -0.15) is 0 Å². The molecule has 0 bridgehead atoms. The first-order valence-corrected chi connectivity index (χ1v) is 7.44. The highest BCUT2D eigenvalue weighted by molar-refractivity contribution is 5.80. The summed E-state index contributed by atoms with van der Waals surface area (Å²) in [5, 5.41) is 0. The first-order chi connectivity index (χ1) is 10.5. The molecule has 2 heterocycles. The van der Waals surface area contributed by atoms with Crippen LogP contribution >= 0.6 is 0 Å². The Morgan fingerprint density at radius 3 is 2.45 bits per heavy atom. The first kappa shape index (κ1) is 14.4. The van der Waals surface area contributed by atoms with Crippen LogP contribution in [-0.2, 0) is 0 Å². The number of hydrogen-bond donors (Lipinski definition) is 3. The second-order valence-corrected chi connectivity index (χ2v) is 5.92. The highest BCUT2D eigenvalue weighted by Crippen LogP contribution is 2.33. The lowest BCUT2D eigenvalue weighted by atomic mass is 9.86. The van der Waals surface area contributed by atoms with Crippen LogP contribution in [0.2, 0.25) is 0 Å². The van der Waals surface area contributed by atoms with Gasteiger partial charge < -0.3 is 10.7 Å². The molecule has 114 valence electrons. The van der Waals surface area contributed by atoms with E-state index in [1.54, 1.807) is 0 Å². The van der Waals surface area contributed by atoms with Crippen molar-refractivity contribution in [2.24, 2.45) is 0 Å². The third-order valence-electron chi connectivity index (χ3n) is 4.13. The zero-order chi connectivity index (χ0) is 15.9. The molecule has 0 unspecified atom stereocenters. The molecule has 0 aliphatic heterocycles. The van der Waals surface area contributed by atoms with Crippen LogP contribution < -0.4 is 11.3 Å². The van der Waals surface area contributed by atoms with Gasteiger partial charge in [0.05, 0.1) is 0 Å². The predicted octanol–water partition coefficient (Wildman–Crippen LogP) is 3.11. The molecule has 22 heavy (non-hydrogen) atoms. The van der Waals surface area contributed by atoms with E-state index in [1.807, 2.05) is 12.3 Å². The number of hydrogen-bond acceptors (Lipinski definition) is 3. The molecule has 3 aromatic rings. The number of nitrogens with zero attached hydrogens (tertiary/aromatic N) is 1. The van der Waals surface area contributed by atoms with Crippen LogP contribution in [-0.4, -0.2) is 15.0 Å². The van der Waals surface area contributed by atoms with E-state index >= 15 is 0 Å². The van der Waals surface area contributed by atoms with Gasteiger partial charge in [-0.15, -0.1) is 0 Å². The van der Waals surface area contributed by atoms with E-state index in [4.69, 9.17) is 5.73 Å². The van der Waals surface area contributed by atoms with Gasteiger partial charge in [0.15, 0.2) is 0 Å². The Labute approximate surface area is 128 Å². The van der Waals surface area contributed by atoms with E-state index in [-0.39, 0.29) is 17.4 Å². The van der Waals surface area contributed by atoms with Crippen LogP contribution in [0.4, 0.5) is 5.95 Å². The van der Waals surface area contributed by atoms with Gasteiger partial charge in [0.1, 0.15) is 11.0 Å². The standard InChI is InChI=1S/C17H20N4O/c1-9(2)11-6-4-5-7-12(11)10(3)13-8-19-15-14(13)20-17(18)21-16(15)22/h4-10,19H,1-3H3,(H3,18,20,21,22)/t10-/m0/s1. The van der Waals surface area contributed by atoms with Gasteiger partial charge in [0, 0.05) is 17.7 Å². The van der Waals surface area contributed by atoms with E-state index in [1.165, 1.54) is 11.1 Å². The fourth-order valence-electron chi connectivity index (χ4n) is 2.98. The van der Waals surface area contributed by atoms with Gasteiger partial charge in [-0.25, -0.2) is 4.98 Å². The number of fused-ring (bicyclic) bond motifs is 1. The maximum atomic E-state index is 11.9. The van der Waals surface area contributed by atoms with Crippen molar-refractivity contribution in [2.75, 3.05) is 5.73 Å². The highest BCUT2D eigenvalue weighted by atomic mass is 16.1. The molecular weight excluding hydrogens is 276 g/mol. The minimum Gasteiger partial charge on any atom is -0.369 e. The summed E-state index contributed by atoms with van der Waals surface area (Å²) in [6, 6.07) is 8.39. The van der Waals surface area contributed by atoms with E-state index < -0.39 is 0 Å². The Kier molecular flexibility index (Phi) is 3.48. The van der Waals surface area contributed by atoms with Crippen molar-refractivity contribution >= 4 is 17.0 Å². The molecule has 0 aliphatic carbocycles. The predicted molar refractivity (Wildman–Crippen MR) is 89.2 cm³/mol. The van der Waals surface area contributed by atoms with Crippen molar-refractivity contribution in [3.05, 3.63) is 57.5 Å². The van der Waals surface area contributed by atoms with Gasteiger partial charge in [-0.3, -0.25) is 9.78 Å². The summed E-state index contributed by atoms with van der Waals surface area (Å²) >= 11 is 0. The van der Waals surface area contributed by atoms with E-state index in [0.29, 0.717) is 17.0 Å². The Hall–Kier alpha value is -2.56. The van der Waals surface area contributed by atoms with Crippen molar-refractivity contribution < 1.29 is 0 Å². The number of benzene rings is 1. The number of anilines is 1. The monoisotopic (exact) mass is 296 g/mol. The maximum Gasteiger partial charge on any atom is 0.276 e. The summed E-state index contributed by atoms with van der Waals surface area (Å²) in [6.07, 6.45) is 1.86. The van der Waals surface area contributed by atoms with Crippen LogP contribution in [0.1, 0.15) is 49.3 Å². The summed E-state index contributed by atoms with van der Waals surface area (Å²) in [5.41, 5.74) is 10.1. The van der Waals surface area contributed by atoms with Gasteiger partial charge >= 0.3 is 0 Å². The number of nitrogens with two attached hydrogens (primary N) is 1. The van der Waals surface area contributed by atoms with Gasteiger partial charge in [-0.1, -0.05) is 45.0 Å². The molecule has 0 saturated carbocycles. The molecule has 1 aromatic carbocycles. The molecule has 0 aliphatic rings. The molecule has 0 saturated heterocycles. The topological polar surface area (TPSA) is 87.6 Å². The van der Waals surface area contributed by atoms with Crippen LogP contribution in [0.15, 0.2) is 35.3 Å². The quantitative estimate of drug-likeness (QED) is 0.694. The average molecular weight is 296 g/mol. The SMILES string of the molecule is CC(C)c1ccccc1[C@H](C)c1c[nH]c2c(=O)[nH]c(N)nc12. The van der Waals surface area contributed by atoms with E-state index in [9.17, 15) is 4.79 Å². The fourth-order valence-corrected chi connectivity index (χ4v) is 2.98. The van der Waals surface area contributed by atoms with Crippen molar-refractivity contribution in [2.45, 2.75) is 32.6 Å². The number of nitrogen functional groups attached to an aromatic ring is 1. The third kappa shape index (κ3) is 2.28. The normalized spacial score (nSPS) is 12.9. The van der Waals surface area contributed by atoms with E-state index in [2.05, 4.69) is 53.9 Å². The molecular formula is C17H20N4O. The van der Waals surface area contributed by atoms with Crippen LogP contribution in [0.25, 0.3) is 11.0 Å². The minimum absolute atomic E-state index is 0.126. The van der Waals surface area contributed by atoms with Gasteiger partial charge in [0.2, 0.25) is 5.95 Å². The highest BCUT2D eigenvalue weighted by Gasteiger charge is 2.19. The molecule has 4 N–H and O–H groups in total. The Morgan fingerprint density at radius 2 is 1.77 bits per heavy atom. The lowest BCUT2D eigenvalue weighted by Crippen LogP contribution is -2.11. The third-order valence-corrected chi connectivity index (χ3v) is 4.13. The molecule has 3 rings (SSSR count). The van der Waals surface area contributed by atoms with E-state index in [0.717, 1.165) is 5.56 Å². The lowest BCUT2D eigenvalue weighted by Gasteiger charge is -2.18. The van der Waals surface area contributed by atoms with Crippen LogP contribution in [0.5, 0.6) is 0 Å². The molecule has 2 aromatic heterocycles.